The lowest BCUT2D eigenvalue weighted by Gasteiger charge is -2.26. The van der Waals surface area contributed by atoms with Crippen LogP contribution >= 0.6 is 0 Å². The van der Waals surface area contributed by atoms with Gasteiger partial charge in [-0.25, -0.2) is 8.42 Å². The normalized spacial score (nSPS) is 15.0. The zero-order chi connectivity index (χ0) is 26.9. The van der Waals surface area contributed by atoms with Gasteiger partial charge in [-0.15, -0.1) is 0 Å². The molecule has 4 aromatic rings. The van der Waals surface area contributed by atoms with Gasteiger partial charge in [-0.1, -0.05) is 12.1 Å². The summed E-state index contributed by atoms with van der Waals surface area (Å²) >= 11 is 0. The van der Waals surface area contributed by atoms with Crippen LogP contribution in [0.5, 0.6) is 17.2 Å². The molecule has 1 atom stereocenters. The highest BCUT2D eigenvalue weighted by Gasteiger charge is 2.23. The second-order valence-corrected chi connectivity index (χ2v) is 11.2. The molecule has 38 heavy (non-hydrogen) atoms. The number of aromatic hydroxyl groups is 2. The standard InChI is InChI=1S/C29H28N2O6S/c1-18(32)30-23-8-11-26(12-9-23)38(35,36)31-24-7-5-20-14-25(10-6-19(20)13-24)37-17-22-4-2-3-21-15-28(33)29(34)16-27(21)22/h5-16,22,31,33-34H,2-4,17H2,1H3,(H,30,32). The summed E-state index contributed by atoms with van der Waals surface area (Å²) in [6.45, 7) is 1.83. The molecule has 0 aliphatic heterocycles. The smallest absolute Gasteiger partial charge is 0.261 e. The third-order valence-corrected chi connectivity index (χ3v) is 8.07. The molecule has 1 aliphatic carbocycles. The quantitative estimate of drug-likeness (QED) is 0.233. The Hall–Kier alpha value is -4.24. The van der Waals surface area contributed by atoms with Crippen molar-refractivity contribution in [1.29, 1.82) is 0 Å². The largest absolute Gasteiger partial charge is 0.504 e. The van der Waals surface area contributed by atoms with Gasteiger partial charge in [0, 0.05) is 24.2 Å². The number of nitrogens with one attached hydrogen (secondary N) is 2. The van der Waals surface area contributed by atoms with Crippen molar-refractivity contribution >= 4 is 38.1 Å². The minimum absolute atomic E-state index is 0.0864. The van der Waals surface area contributed by atoms with Crippen LogP contribution in [-0.4, -0.2) is 31.1 Å². The number of hydrogen-bond donors (Lipinski definition) is 4. The summed E-state index contributed by atoms with van der Waals surface area (Å²) in [5, 5.41) is 24.1. The third-order valence-electron chi connectivity index (χ3n) is 6.68. The molecule has 0 saturated carbocycles. The molecule has 8 nitrogen and oxygen atoms in total. The fourth-order valence-electron chi connectivity index (χ4n) is 4.81. The van der Waals surface area contributed by atoms with Gasteiger partial charge in [-0.2, -0.15) is 0 Å². The highest BCUT2D eigenvalue weighted by molar-refractivity contribution is 7.92. The zero-order valence-corrected chi connectivity index (χ0v) is 21.6. The molecule has 0 saturated heterocycles. The predicted molar refractivity (Wildman–Crippen MR) is 146 cm³/mol. The lowest BCUT2D eigenvalue weighted by atomic mass is 9.83. The summed E-state index contributed by atoms with van der Waals surface area (Å²) in [6, 6.07) is 20.1. The molecule has 0 fully saturated rings. The third kappa shape index (κ3) is 5.52. The molecule has 0 spiro atoms. The zero-order valence-electron chi connectivity index (χ0n) is 20.8. The number of anilines is 2. The summed E-state index contributed by atoms with van der Waals surface area (Å²) in [4.78, 5) is 11.3. The van der Waals surface area contributed by atoms with E-state index in [1.54, 1.807) is 24.3 Å². The van der Waals surface area contributed by atoms with Crippen LogP contribution in [-0.2, 0) is 21.2 Å². The van der Waals surface area contributed by atoms with Gasteiger partial charge in [0.05, 0.1) is 11.5 Å². The van der Waals surface area contributed by atoms with E-state index in [-0.39, 0.29) is 28.2 Å². The lowest BCUT2D eigenvalue weighted by molar-refractivity contribution is -0.114. The van der Waals surface area contributed by atoms with Gasteiger partial charge >= 0.3 is 0 Å². The highest BCUT2D eigenvalue weighted by Crippen LogP contribution is 2.38. The molecule has 4 aromatic carbocycles. The minimum atomic E-state index is -3.81. The summed E-state index contributed by atoms with van der Waals surface area (Å²) in [5.41, 5.74) is 3.00. The van der Waals surface area contributed by atoms with E-state index in [0.29, 0.717) is 23.7 Å². The number of benzene rings is 4. The van der Waals surface area contributed by atoms with E-state index >= 15 is 0 Å². The lowest BCUT2D eigenvalue weighted by Crippen LogP contribution is -2.16. The monoisotopic (exact) mass is 532 g/mol. The molecule has 9 heteroatoms. The van der Waals surface area contributed by atoms with E-state index in [9.17, 15) is 23.4 Å². The van der Waals surface area contributed by atoms with Crippen molar-refractivity contribution in [2.45, 2.75) is 37.0 Å². The summed E-state index contributed by atoms with van der Waals surface area (Å²) < 4.78 is 34.4. The fourth-order valence-corrected chi connectivity index (χ4v) is 5.86. The number of phenolic OH excluding ortho intramolecular Hbond substituents is 2. The number of phenols is 2. The maximum absolute atomic E-state index is 12.8. The second-order valence-electron chi connectivity index (χ2n) is 9.47. The Morgan fingerprint density at radius 2 is 1.61 bits per heavy atom. The van der Waals surface area contributed by atoms with E-state index < -0.39 is 10.0 Å². The van der Waals surface area contributed by atoms with Crippen LogP contribution in [0.4, 0.5) is 11.4 Å². The Morgan fingerprint density at radius 3 is 2.37 bits per heavy atom. The number of aryl methyl sites for hydroxylation is 1. The average Bonchev–Trinajstić information content (AvgIpc) is 2.88. The van der Waals surface area contributed by atoms with Crippen molar-refractivity contribution in [2.75, 3.05) is 16.6 Å². The molecule has 196 valence electrons. The van der Waals surface area contributed by atoms with Crippen LogP contribution in [0.1, 0.15) is 36.8 Å². The Bertz CT molecular complexity index is 1620. The molecule has 1 unspecified atom stereocenters. The van der Waals surface area contributed by atoms with Gasteiger partial charge < -0.3 is 20.3 Å². The number of fused-ring (bicyclic) bond motifs is 2. The number of ether oxygens (including phenoxy) is 1. The first kappa shape index (κ1) is 25.4. The maximum Gasteiger partial charge on any atom is 0.261 e. The summed E-state index contributed by atoms with van der Waals surface area (Å²) in [7, 11) is -3.81. The van der Waals surface area contributed by atoms with Crippen molar-refractivity contribution in [3.05, 3.63) is 83.9 Å². The van der Waals surface area contributed by atoms with Crippen LogP contribution in [0.2, 0.25) is 0 Å². The molecule has 1 amide bonds. The number of carbonyl (C=O) groups excluding carboxylic acids is 1. The van der Waals surface area contributed by atoms with Gasteiger partial charge in [0.1, 0.15) is 5.75 Å². The fraction of sp³-hybridized carbons (Fsp3) is 0.207. The van der Waals surface area contributed by atoms with Crippen LogP contribution in [0.3, 0.4) is 0 Å². The van der Waals surface area contributed by atoms with Gasteiger partial charge in [-0.3, -0.25) is 9.52 Å². The molecule has 5 rings (SSSR count). The maximum atomic E-state index is 12.8. The molecular formula is C29H28N2O6S. The summed E-state index contributed by atoms with van der Waals surface area (Å²) in [6.07, 6.45) is 2.79. The van der Waals surface area contributed by atoms with Crippen molar-refractivity contribution in [3.63, 3.8) is 0 Å². The topological polar surface area (TPSA) is 125 Å². The number of amides is 1. The molecule has 1 aliphatic rings. The number of rotatable bonds is 7. The SMILES string of the molecule is CC(=O)Nc1ccc(S(=O)(=O)Nc2ccc3cc(OCC4CCCc5cc(O)c(O)cc54)ccc3c2)cc1. The average molecular weight is 533 g/mol. The molecule has 0 aromatic heterocycles. The van der Waals surface area contributed by atoms with Crippen LogP contribution < -0.4 is 14.8 Å². The minimum Gasteiger partial charge on any atom is -0.504 e. The summed E-state index contributed by atoms with van der Waals surface area (Å²) in [5.74, 6) is 0.366. The van der Waals surface area contributed by atoms with Gasteiger partial charge in [0.25, 0.3) is 10.0 Å². The Labute approximate surface area is 221 Å². The van der Waals surface area contributed by atoms with E-state index in [2.05, 4.69) is 10.0 Å². The Kier molecular flexibility index (Phi) is 6.86. The first-order valence-electron chi connectivity index (χ1n) is 12.3. The first-order chi connectivity index (χ1) is 18.2. The van der Waals surface area contributed by atoms with Crippen LogP contribution in [0.25, 0.3) is 10.8 Å². The van der Waals surface area contributed by atoms with Crippen LogP contribution in [0, 0.1) is 0 Å². The highest BCUT2D eigenvalue weighted by atomic mass is 32.2. The molecule has 0 heterocycles. The van der Waals surface area contributed by atoms with Crippen molar-refractivity contribution in [3.8, 4) is 17.2 Å². The van der Waals surface area contributed by atoms with E-state index in [0.717, 1.165) is 41.2 Å². The van der Waals surface area contributed by atoms with Gasteiger partial charge in [0.15, 0.2) is 11.5 Å². The van der Waals surface area contributed by atoms with Crippen molar-refractivity contribution < 1.29 is 28.2 Å². The predicted octanol–water partition coefficient (Wildman–Crippen LogP) is 5.51. The molecule has 4 N–H and O–H groups in total. The second kappa shape index (κ2) is 10.3. The van der Waals surface area contributed by atoms with E-state index in [1.165, 1.54) is 31.2 Å². The number of sulfonamides is 1. The van der Waals surface area contributed by atoms with E-state index in [4.69, 9.17) is 4.74 Å². The van der Waals surface area contributed by atoms with Crippen LogP contribution in [0.15, 0.2) is 77.7 Å². The number of carbonyl (C=O) groups is 1. The first-order valence-corrected chi connectivity index (χ1v) is 13.8. The van der Waals surface area contributed by atoms with E-state index in [1.807, 2.05) is 24.3 Å². The molecule has 0 bridgehead atoms. The molecular weight excluding hydrogens is 504 g/mol. The van der Waals surface area contributed by atoms with Crippen molar-refractivity contribution in [2.24, 2.45) is 0 Å². The Balaban J connectivity index is 1.27. The molecule has 0 radical (unpaired) electrons. The Morgan fingerprint density at radius 1 is 0.921 bits per heavy atom. The number of hydrogen-bond acceptors (Lipinski definition) is 6. The van der Waals surface area contributed by atoms with Crippen molar-refractivity contribution in [1.82, 2.24) is 0 Å². The van der Waals surface area contributed by atoms with Gasteiger partial charge in [0.2, 0.25) is 5.91 Å². The van der Waals surface area contributed by atoms with Gasteiger partial charge in [-0.05, 0) is 102 Å².